The lowest BCUT2D eigenvalue weighted by Crippen LogP contribution is -2.43. The largest absolute Gasteiger partial charge is 0.352 e. The van der Waals surface area contributed by atoms with Gasteiger partial charge in [0.05, 0.1) is 11.2 Å². The van der Waals surface area contributed by atoms with Crippen LogP contribution in [-0.2, 0) is 0 Å². The standard InChI is InChI=1S/C17H18N4.ClH/c1-2-6-14(7-3-1)21-16-9-5-4-8-15(16)17(19-21)20-12-10-18-11-13-20;/h1-9,18H,10-13H2;1H. The average molecular weight is 315 g/mol. The van der Waals surface area contributed by atoms with E-state index in [9.17, 15) is 0 Å². The molecule has 1 fully saturated rings. The molecule has 0 unspecified atom stereocenters. The minimum Gasteiger partial charge on any atom is -0.352 e. The summed E-state index contributed by atoms with van der Waals surface area (Å²) in [5.74, 6) is 1.09. The van der Waals surface area contributed by atoms with Crippen molar-refractivity contribution in [1.82, 2.24) is 15.1 Å². The molecule has 1 saturated heterocycles. The Morgan fingerprint density at radius 2 is 1.55 bits per heavy atom. The van der Waals surface area contributed by atoms with Gasteiger partial charge < -0.3 is 10.2 Å². The molecule has 0 atom stereocenters. The maximum absolute atomic E-state index is 4.90. The van der Waals surface area contributed by atoms with Crippen molar-refractivity contribution in [2.45, 2.75) is 0 Å². The Hall–Kier alpha value is -2.04. The number of nitrogens with zero attached hydrogens (tertiary/aromatic N) is 3. The number of rotatable bonds is 2. The second-order valence-corrected chi connectivity index (χ2v) is 5.33. The predicted octanol–water partition coefficient (Wildman–Crippen LogP) is 2.86. The summed E-state index contributed by atoms with van der Waals surface area (Å²) in [5, 5.41) is 9.52. The van der Waals surface area contributed by atoms with Crippen LogP contribution < -0.4 is 10.2 Å². The number of halogens is 1. The summed E-state index contributed by atoms with van der Waals surface area (Å²) in [4.78, 5) is 2.37. The van der Waals surface area contributed by atoms with Crippen LogP contribution in [0.25, 0.3) is 16.6 Å². The molecule has 0 saturated carbocycles. The van der Waals surface area contributed by atoms with E-state index in [1.165, 1.54) is 5.39 Å². The second-order valence-electron chi connectivity index (χ2n) is 5.33. The Kier molecular flexibility index (Phi) is 4.32. The lowest BCUT2D eigenvalue weighted by Gasteiger charge is -2.27. The van der Waals surface area contributed by atoms with Gasteiger partial charge in [0, 0.05) is 31.6 Å². The van der Waals surface area contributed by atoms with Crippen LogP contribution in [0.2, 0.25) is 0 Å². The van der Waals surface area contributed by atoms with E-state index >= 15 is 0 Å². The number of nitrogens with one attached hydrogen (secondary N) is 1. The molecule has 1 aromatic heterocycles. The van der Waals surface area contributed by atoms with Crippen molar-refractivity contribution >= 4 is 29.1 Å². The van der Waals surface area contributed by atoms with E-state index in [-0.39, 0.29) is 12.4 Å². The van der Waals surface area contributed by atoms with Gasteiger partial charge in [0.25, 0.3) is 0 Å². The Morgan fingerprint density at radius 3 is 2.32 bits per heavy atom. The molecule has 1 aliphatic rings. The van der Waals surface area contributed by atoms with Crippen molar-refractivity contribution in [3.8, 4) is 5.69 Å². The van der Waals surface area contributed by atoms with Gasteiger partial charge in [0.15, 0.2) is 5.82 Å². The molecule has 1 aliphatic heterocycles. The molecule has 0 aliphatic carbocycles. The molecule has 4 rings (SSSR count). The fourth-order valence-electron chi connectivity index (χ4n) is 2.93. The zero-order chi connectivity index (χ0) is 14.1. The van der Waals surface area contributed by atoms with Crippen molar-refractivity contribution in [2.75, 3.05) is 31.1 Å². The summed E-state index contributed by atoms with van der Waals surface area (Å²) >= 11 is 0. The quantitative estimate of drug-likeness (QED) is 0.789. The predicted molar refractivity (Wildman–Crippen MR) is 93.4 cm³/mol. The molecule has 114 valence electrons. The van der Waals surface area contributed by atoms with E-state index in [1.54, 1.807) is 0 Å². The van der Waals surface area contributed by atoms with E-state index in [0.29, 0.717) is 0 Å². The topological polar surface area (TPSA) is 33.1 Å². The fraction of sp³-hybridized carbons (Fsp3) is 0.235. The lowest BCUT2D eigenvalue weighted by molar-refractivity contribution is 0.584. The van der Waals surface area contributed by atoms with E-state index in [2.05, 4.69) is 58.7 Å². The SMILES string of the molecule is Cl.c1ccc(-n2nc(N3CCNCC3)c3ccccc32)cc1. The van der Waals surface area contributed by atoms with Crippen molar-refractivity contribution < 1.29 is 0 Å². The van der Waals surface area contributed by atoms with Crippen LogP contribution in [0.1, 0.15) is 0 Å². The van der Waals surface area contributed by atoms with Gasteiger partial charge in [-0.3, -0.25) is 0 Å². The molecule has 0 bridgehead atoms. The molecule has 3 aromatic rings. The van der Waals surface area contributed by atoms with Crippen molar-refractivity contribution in [1.29, 1.82) is 0 Å². The summed E-state index contributed by atoms with van der Waals surface area (Å²) in [6.07, 6.45) is 0. The maximum Gasteiger partial charge on any atom is 0.159 e. The van der Waals surface area contributed by atoms with E-state index in [1.807, 2.05) is 10.7 Å². The highest BCUT2D eigenvalue weighted by atomic mass is 35.5. The van der Waals surface area contributed by atoms with Gasteiger partial charge in [0.1, 0.15) is 0 Å². The molecule has 0 radical (unpaired) electrons. The van der Waals surface area contributed by atoms with E-state index in [4.69, 9.17) is 5.10 Å². The van der Waals surface area contributed by atoms with Gasteiger partial charge in [-0.05, 0) is 24.3 Å². The molecule has 2 heterocycles. The number of benzene rings is 2. The third kappa shape index (κ3) is 2.56. The Balaban J connectivity index is 0.00000144. The van der Waals surface area contributed by atoms with Crippen LogP contribution in [0.4, 0.5) is 5.82 Å². The monoisotopic (exact) mass is 314 g/mol. The minimum absolute atomic E-state index is 0. The minimum atomic E-state index is 0. The summed E-state index contributed by atoms with van der Waals surface area (Å²) in [7, 11) is 0. The first-order valence-corrected chi connectivity index (χ1v) is 7.42. The summed E-state index contributed by atoms with van der Waals surface area (Å²) < 4.78 is 2.05. The first-order valence-electron chi connectivity index (χ1n) is 7.42. The zero-order valence-electron chi connectivity index (χ0n) is 12.3. The van der Waals surface area contributed by atoms with Crippen molar-refractivity contribution in [2.24, 2.45) is 0 Å². The van der Waals surface area contributed by atoms with Gasteiger partial charge in [0.2, 0.25) is 0 Å². The van der Waals surface area contributed by atoms with Crippen LogP contribution >= 0.6 is 12.4 Å². The molecule has 4 nitrogen and oxygen atoms in total. The second kappa shape index (κ2) is 6.38. The van der Waals surface area contributed by atoms with Gasteiger partial charge in [-0.1, -0.05) is 30.3 Å². The van der Waals surface area contributed by atoms with E-state index < -0.39 is 0 Å². The maximum atomic E-state index is 4.90. The molecular formula is C17H19ClN4. The number of piperazine rings is 1. The fourth-order valence-corrected chi connectivity index (χ4v) is 2.93. The summed E-state index contributed by atoms with van der Waals surface area (Å²) in [6.45, 7) is 4.06. The summed E-state index contributed by atoms with van der Waals surface area (Å²) in [6, 6.07) is 18.8. The third-order valence-electron chi connectivity index (χ3n) is 3.99. The molecular weight excluding hydrogens is 296 g/mol. The number of hydrogen-bond donors (Lipinski definition) is 1. The van der Waals surface area contributed by atoms with Crippen LogP contribution in [0, 0.1) is 0 Å². The normalized spacial score (nSPS) is 14.8. The van der Waals surface area contributed by atoms with Crippen LogP contribution in [0.3, 0.4) is 0 Å². The number of fused-ring (bicyclic) bond motifs is 1. The van der Waals surface area contributed by atoms with Crippen molar-refractivity contribution in [3.05, 3.63) is 54.6 Å². The first kappa shape index (κ1) is 14.9. The zero-order valence-corrected chi connectivity index (χ0v) is 13.1. The van der Waals surface area contributed by atoms with Crippen molar-refractivity contribution in [3.63, 3.8) is 0 Å². The number of para-hydroxylation sites is 2. The van der Waals surface area contributed by atoms with Gasteiger partial charge in [-0.25, -0.2) is 4.68 Å². The smallest absolute Gasteiger partial charge is 0.159 e. The molecule has 0 amide bonds. The molecule has 0 spiro atoms. The first-order chi connectivity index (χ1) is 10.4. The third-order valence-corrected chi connectivity index (χ3v) is 3.99. The van der Waals surface area contributed by atoms with Gasteiger partial charge in [-0.2, -0.15) is 0 Å². The molecule has 2 aromatic carbocycles. The Bertz CT molecular complexity index is 748. The van der Waals surface area contributed by atoms with Gasteiger partial charge >= 0.3 is 0 Å². The molecule has 5 heteroatoms. The Morgan fingerprint density at radius 1 is 0.864 bits per heavy atom. The van der Waals surface area contributed by atoms with Crippen LogP contribution in [0.5, 0.6) is 0 Å². The number of anilines is 1. The highest BCUT2D eigenvalue weighted by Crippen LogP contribution is 2.28. The van der Waals surface area contributed by atoms with Crippen LogP contribution in [0.15, 0.2) is 54.6 Å². The molecule has 1 N–H and O–H groups in total. The average Bonchev–Trinajstić information content (AvgIpc) is 2.96. The summed E-state index contributed by atoms with van der Waals surface area (Å²) in [5.41, 5.74) is 2.27. The lowest BCUT2D eigenvalue weighted by atomic mass is 10.2. The number of aromatic nitrogens is 2. The molecule has 22 heavy (non-hydrogen) atoms. The Labute approximate surface area is 136 Å². The van der Waals surface area contributed by atoms with E-state index in [0.717, 1.165) is 43.2 Å². The van der Waals surface area contributed by atoms with Crippen LogP contribution in [-0.4, -0.2) is 36.0 Å². The highest BCUT2D eigenvalue weighted by molar-refractivity contribution is 5.91. The highest BCUT2D eigenvalue weighted by Gasteiger charge is 2.18. The van der Waals surface area contributed by atoms with Gasteiger partial charge in [-0.15, -0.1) is 17.5 Å². The number of hydrogen-bond acceptors (Lipinski definition) is 3.